The lowest BCUT2D eigenvalue weighted by atomic mass is 10.0. The molecule has 17 heavy (non-hydrogen) atoms. The molecule has 1 aromatic heterocycles. The maximum absolute atomic E-state index is 10.1. The van der Waals surface area contributed by atoms with E-state index < -0.39 is 5.60 Å². The van der Waals surface area contributed by atoms with Crippen molar-refractivity contribution in [2.45, 2.75) is 51.6 Å². The van der Waals surface area contributed by atoms with Crippen LogP contribution in [-0.2, 0) is 12.8 Å². The maximum atomic E-state index is 10.1. The number of hydrogen-bond donors (Lipinski definition) is 2. The van der Waals surface area contributed by atoms with Gasteiger partial charge in [0, 0.05) is 12.2 Å². The van der Waals surface area contributed by atoms with E-state index in [1.807, 2.05) is 13.0 Å². The number of aromatic nitrogens is 1. The Bertz CT molecular complexity index is 388. The number of anilines is 1. The van der Waals surface area contributed by atoms with Gasteiger partial charge in [0.1, 0.15) is 5.82 Å². The molecular formula is C14H22N2O. The lowest BCUT2D eigenvalue weighted by molar-refractivity contribution is 0.0636. The van der Waals surface area contributed by atoms with E-state index in [9.17, 15) is 5.11 Å². The van der Waals surface area contributed by atoms with Crippen molar-refractivity contribution >= 4 is 5.82 Å². The van der Waals surface area contributed by atoms with E-state index >= 15 is 0 Å². The second-order valence-corrected chi connectivity index (χ2v) is 5.26. The predicted molar refractivity (Wildman–Crippen MR) is 70.3 cm³/mol. The summed E-state index contributed by atoms with van der Waals surface area (Å²) in [6.07, 6.45) is 5.28. The van der Waals surface area contributed by atoms with Crippen LogP contribution in [0.5, 0.6) is 0 Å². The summed E-state index contributed by atoms with van der Waals surface area (Å²) in [7, 11) is 0. The normalized spacial score (nSPS) is 17.6. The first-order chi connectivity index (χ1) is 8.11. The minimum atomic E-state index is -0.643. The molecule has 94 valence electrons. The van der Waals surface area contributed by atoms with Crippen molar-refractivity contribution in [2.24, 2.45) is 0 Å². The second-order valence-electron chi connectivity index (χ2n) is 5.26. The average Bonchev–Trinajstić information content (AvgIpc) is 2.73. The number of rotatable bonds is 5. The monoisotopic (exact) mass is 234 g/mol. The van der Waals surface area contributed by atoms with Crippen molar-refractivity contribution in [1.82, 2.24) is 4.98 Å². The summed E-state index contributed by atoms with van der Waals surface area (Å²) in [5, 5.41) is 13.3. The van der Waals surface area contributed by atoms with Gasteiger partial charge >= 0.3 is 0 Å². The van der Waals surface area contributed by atoms with Crippen LogP contribution < -0.4 is 5.32 Å². The van der Waals surface area contributed by atoms with Crippen molar-refractivity contribution in [3.05, 3.63) is 23.4 Å². The highest BCUT2D eigenvalue weighted by Gasteiger charge is 2.19. The smallest absolute Gasteiger partial charge is 0.126 e. The van der Waals surface area contributed by atoms with E-state index in [-0.39, 0.29) is 0 Å². The van der Waals surface area contributed by atoms with Crippen molar-refractivity contribution < 1.29 is 5.11 Å². The van der Waals surface area contributed by atoms with Crippen LogP contribution in [0.2, 0.25) is 0 Å². The highest BCUT2D eigenvalue weighted by molar-refractivity contribution is 5.40. The summed E-state index contributed by atoms with van der Waals surface area (Å²) in [5.41, 5.74) is 1.97. The van der Waals surface area contributed by atoms with Crippen molar-refractivity contribution in [3.63, 3.8) is 0 Å². The lowest BCUT2D eigenvalue weighted by Gasteiger charge is -2.23. The zero-order valence-electron chi connectivity index (χ0n) is 10.8. The van der Waals surface area contributed by atoms with E-state index in [0.29, 0.717) is 6.54 Å². The van der Waals surface area contributed by atoms with Gasteiger partial charge in [0.25, 0.3) is 0 Å². The van der Waals surface area contributed by atoms with Gasteiger partial charge in [-0.3, -0.25) is 0 Å². The number of pyridine rings is 1. The molecule has 0 aliphatic heterocycles. The maximum Gasteiger partial charge on any atom is 0.126 e. The molecule has 0 radical (unpaired) electrons. The van der Waals surface area contributed by atoms with Crippen LogP contribution in [0, 0.1) is 0 Å². The molecule has 1 atom stereocenters. The zero-order valence-corrected chi connectivity index (χ0v) is 10.8. The summed E-state index contributed by atoms with van der Waals surface area (Å²) in [6, 6.07) is 4.18. The fraction of sp³-hybridized carbons (Fsp3) is 0.643. The van der Waals surface area contributed by atoms with Crippen LogP contribution >= 0.6 is 0 Å². The molecule has 1 heterocycles. The number of nitrogens with one attached hydrogen (secondary N) is 1. The summed E-state index contributed by atoms with van der Waals surface area (Å²) >= 11 is 0. The molecule has 0 saturated heterocycles. The number of aryl methyl sites for hydroxylation is 2. The Labute approximate surface area is 103 Å². The molecular weight excluding hydrogens is 212 g/mol. The Hall–Kier alpha value is -1.09. The van der Waals surface area contributed by atoms with Gasteiger partial charge in [0.05, 0.1) is 5.60 Å². The topological polar surface area (TPSA) is 45.1 Å². The Balaban J connectivity index is 1.95. The molecule has 3 nitrogen and oxygen atoms in total. The fourth-order valence-corrected chi connectivity index (χ4v) is 2.43. The summed E-state index contributed by atoms with van der Waals surface area (Å²) in [5.74, 6) is 0.891. The molecule has 1 aliphatic carbocycles. The molecule has 2 rings (SSSR count). The summed E-state index contributed by atoms with van der Waals surface area (Å²) in [4.78, 5) is 4.59. The molecule has 3 heteroatoms. The average molecular weight is 234 g/mol. The van der Waals surface area contributed by atoms with Crippen LogP contribution in [0.1, 0.15) is 44.4 Å². The van der Waals surface area contributed by atoms with Gasteiger partial charge < -0.3 is 10.4 Å². The Kier molecular flexibility index (Phi) is 3.67. The molecule has 1 aliphatic rings. The highest BCUT2D eigenvalue weighted by atomic mass is 16.3. The van der Waals surface area contributed by atoms with Crippen molar-refractivity contribution in [1.29, 1.82) is 0 Å². The van der Waals surface area contributed by atoms with Gasteiger partial charge in [-0.15, -0.1) is 0 Å². The number of aliphatic hydroxyl groups is 1. The molecule has 2 N–H and O–H groups in total. The SMILES string of the molecule is CCCC(C)(O)CNc1ccc2c(n1)CCC2. The van der Waals surface area contributed by atoms with Crippen molar-refractivity contribution in [3.8, 4) is 0 Å². The van der Waals surface area contributed by atoms with E-state index in [1.54, 1.807) is 0 Å². The molecule has 0 bridgehead atoms. The van der Waals surface area contributed by atoms with E-state index in [1.165, 1.54) is 17.7 Å². The number of fused-ring (bicyclic) bond motifs is 1. The first-order valence-corrected chi connectivity index (χ1v) is 6.56. The summed E-state index contributed by atoms with van der Waals surface area (Å²) < 4.78 is 0. The molecule has 1 unspecified atom stereocenters. The van der Waals surface area contributed by atoms with Gasteiger partial charge in [-0.1, -0.05) is 19.4 Å². The molecule has 0 amide bonds. The first kappa shape index (κ1) is 12.4. The quantitative estimate of drug-likeness (QED) is 0.823. The zero-order chi connectivity index (χ0) is 12.3. The second kappa shape index (κ2) is 5.05. The molecule has 1 aromatic rings. The molecule has 0 spiro atoms. The van der Waals surface area contributed by atoms with Crippen LogP contribution in [0.3, 0.4) is 0 Å². The summed E-state index contributed by atoms with van der Waals surface area (Å²) in [6.45, 7) is 4.52. The van der Waals surface area contributed by atoms with Gasteiger partial charge in [-0.05, 0) is 44.2 Å². The lowest BCUT2D eigenvalue weighted by Crippen LogP contribution is -2.33. The van der Waals surface area contributed by atoms with Gasteiger partial charge in [0.2, 0.25) is 0 Å². The minimum Gasteiger partial charge on any atom is -0.388 e. The van der Waals surface area contributed by atoms with E-state index in [0.717, 1.165) is 31.5 Å². The highest BCUT2D eigenvalue weighted by Crippen LogP contribution is 2.22. The Morgan fingerprint density at radius 3 is 3.00 bits per heavy atom. The van der Waals surface area contributed by atoms with Crippen LogP contribution in [0.15, 0.2) is 12.1 Å². The third-order valence-corrected chi connectivity index (χ3v) is 3.37. The molecule has 0 saturated carbocycles. The largest absolute Gasteiger partial charge is 0.388 e. The molecule has 0 aromatic carbocycles. The Morgan fingerprint density at radius 2 is 2.24 bits per heavy atom. The Morgan fingerprint density at radius 1 is 1.41 bits per heavy atom. The van der Waals surface area contributed by atoms with E-state index in [2.05, 4.69) is 23.3 Å². The van der Waals surface area contributed by atoms with Crippen LogP contribution in [0.25, 0.3) is 0 Å². The standard InChI is InChI=1S/C14H22N2O/c1-3-9-14(2,17)10-15-13-8-7-11-5-4-6-12(11)16-13/h7-8,17H,3-6,9-10H2,1-2H3,(H,15,16). The fourth-order valence-electron chi connectivity index (χ4n) is 2.43. The third kappa shape index (κ3) is 3.19. The number of hydrogen-bond acceptors (Lipinski definition) is 3. The first-order valence-electron chi connectivity index (χ1n) is 6.56. The predicted octanol–water partition coefficient (Wildman–Crippen LogP) is 2.53. The van der Waals surface area contributed by atoms with Gasteiger partial charge in [-0.25, -0.2) is 4.98 Å². The van der Waals surface area contributed by atoms with Crippen LogP contribution in [-0.4, -0.2) is 22.2 Å². The van der Waals surface area contributed by atoms with E-state index in [4.69, 9.17) is 0 Å². The third-order valence-electron chi connectivity index (χ3n) is 3.37. The van der Waals surface area contributed by atoms with Crippen molar-refractivity contribution in [2.75, 3.05) is 11.9 Å². The van der Waals surface area contributed by atoms with Gasteiger partial charge in [-0.2, -0.15) is 0 Å². The minimum absolute atomic E-state index is 0.562. The van der Waals surface area contributed by atoms with Crippen LogP contribution in [0.4, 0.5) is 5.82 Å². The van der Waals surface area contributed by atoms with Gasteiger partial charge in [0.15, 0.2) is 0 Å². The molecule has 0 fully saturated rings. The number of nitrogens with zero attached hydrogens (tertiary/aromatic N) is 1.